The van der Waals surface area contributed by atoms with Crippen LogP contribution in [-0.4, -0.2) is 69.7 Å². The molecule has 4 rings (SSSR count). The molecular weight excluding hydrogens is 514 g/mol. The van der Waals surface area contributed by atoms with Crippen LogP contribution in [0.3, 0.4) is 0 Å². The van der Waals surface area contributed by atoms with Gasteiger partial charge in [0.1, 0.15) is 5.88 Å². The van der Waals surface area contributed by atoms with Gasteiger partial charge < -0.3 is 34.9 Å². The zero-order valence-electron chi connectivity index (χ0n) is 21.7. The Morgan fingerprint density at radius 1 is 0.789 bits per heavy atom. The summed E-state index contributed by atoms with van der Waals surface area (Å²) in [6, 6.07) is 6.01. The van der Waals surface area contributed by atoms with Gasteiger partial charge in [-0.25, -0.2) is 0 Å². The molecule has 10 nitrogen and oxygen atoms in total. The van der Waals surface area contributed by atoms with Crippen LogP contribution in [0, 0.1) is 11.8 Å². The number of aryl methyl sites for hydroxylation is 1. The van der Waals surface area contributed by atoms with Crippen molar-refractivity contribution in [3.05, 3.63) is 34.9 Å². The molecule has 3 N–H and O–H groups in total. The van der Waals surface area contributed by atoms with Gasteiger partial charge in [0.15, 0.2) is 12.6 Å². The van der Waals surface area contributed by atoms with Crippen LogP contribution in [0.5, 0.6) is 0 Å². The molecule has 38 heavy (non-hydrogen) atoms. The van der Waals surface area contributed by atoms with Crippen LogP contribution in [0.4, 0.5) is 0 Å². The third kappa shape index (κ3) is 8.38. The maximum atomic E-state index is 12.6. The van der Waals surface area contributed by atoms with Crippen LogP contribution in [-0.2, 0) is 39.8 Å². The molecule has 0 radical (unpaired) electrons. The van der Waals surface area contributed by atoms with Crippen molar-refractivity contribution >= 4 is 29.3 Å². The highest BCUT2D eigenvalue weighted by atomic mass is 35.5. The fourth-order valence-corrected chi connectivity index (χ4v) is 5.18. The molecular formula is C27H38ClN3O7. The van der Waals surface area contributed by atoms with Gasteiger partial charge in [-0.15, -0.1) is 11.6 Å². The molecule has 0 spiro atoms. The maximum absolute atomic E-state index is 12.6. The molecule has 3 fully saturated rings. The van der Waals surface area contributed by atoms with Crippen molar-refractivity contribution in [3.8, 4) is 0 Å². The number of hydrogen-bond acceptors (Lipinski definition) is 7. The Kier molecular flexibility index (Phi) is 11.2. The first-order valence-corrected chi connectivity index (χ1v) is 14.0. The monoisotopic (exact) mass is 551 g/mol. The topological polar surface area (TPSA) is 124 Å². The summed E-state index contributed by atoms with van der Waals surface area (Å²) in [5, 5.41) is 8.57. The van der Waals surface area contributed by atoms with Gasteiger partial charge in [-0.05, 0) is 43.6 Å². The van der Waals surface area contributed by atoms with Gasteiger partial charge in [0.25, 0.3) is 0 Å². The number of alkyl halides is 1. The molecule has 3 amide bonds. The summed E-state index contributed by atoms with van der Waals surface area (Å²) in [6.45, 7) is 3.60. The Bertz CT molecular complexity index is 943. The minimum absolute atomic E-state index is 0.0179. The van der Waals surface area contributed by atoms with Crippen molar-refractivity contribution in [2.75, 3.05) is 51.9 Å². The van der Waals surface area contributed by atoms with E-state index in [0.717, 1.165) is 42.4 Å². The summed E-state index contributed by atoms with van der Waals surface area (Å²) in [6.07, 6.45) is 3.54. The molecule has 11 heteroatoms. The molecule has 2 aliphatic heterocycles. The third-order valence-electron chi connectivity index (χ3n) is 7.22. The SMILES string of the molecule is O=C(CCl)NCCNC(=O)C1CCC(CNC(=O)CCc2ccc(C3OCCO3)c(C3OCCO3)c2)CC1. The van der Waals surface area contributed by atoms with Gasteiger partial charge in [0.2, 0.25) is 17.7 Å². The van der Waals surface area contributed by atoms with Gasteiger partial charge in [-0.2, -0.15) is 0 Å². The number of rotatable bonds is 12. The average Bonchev–Trinajstić information content (AvgIpc) is 3.68. The highest BCUT2D eigenvalue weighted by Gasteiger charge is 2.29. The van der Waals surface area contributed by atoms with Crippen molar-refractivity contribution in [2.45, 2.75) is 51.1 Å². The summed E-state index contributed by atoms with van der Waals surface area (Å²) >= 11 is 5.43. The second kappa shape index (κ2) is 14.8. The lowest BCUT2D eigenvalue weighted by Crippen LogP contribution is -2.39. The summed E-state index contributed by atoms with van der Waals surface area (Å²) < 4.78 is 22.8. The lowest BCUT2D eigenvalue weighted by atomic mass is 9.81. The normalized spacial score (nSPS) is 22.3. The van der Waals surface area contributed by atoms with E-state index in [2.05, 4.69) is 16.0 Å². The minimum Gasteiger partial charge on any atom is -0.356 e. The van der Waals surface area contributed by atoms with E-state index in [1.54, 1.807) is 0 Å². The zero-order valence-corrected chi connectivity index (χ0v) is 22.4. The number of nitrogens with one attached hydrogen (secondary N) is 3. The Hall–Kier alpha value is -2.24. The van der Waals surface area contributed by atoms with Crippen molar-refractivity contribution in [1.29, 1.82) is 0 Å². The Morgan fingerprint density at radius 2 is 1.42 bits per heavy atom. The molecule has 0 bridgehead atoms. The number of halogens is 1. The second-order valence-corrected chi connectivity index (χ2v) is 10.2. The lowest BCUT2D eigenvalue weighted by molar-refractivity contribution is -0.126. The Labute approximate surface area is 228 Å². The van der Waals surface area contributed by atoms with Crippen LogP contribution < -0.4 is 16.0 Å². The zero-order chi connectivity index (χ0) is 26.7. The fraction of sp³-hybridized carbons (Fsp3) is 0.667. The van der Waals surface area contributed by atoms with E-state index in [1.165, 1.54) is 0 Å². The number of amides is 3. The van der Waals surface area contributed by atoms with E-state index in [4.69, 9.17) is 30.5 Å². The number of ether oxygens (including phenoxy) is 4. The van der Waals surface area contributed by atoms with Crippen molar-refractivity contribution in [3.63, 3.8) is 0 Å². The smallest absolute Gasteiger partial charge is 0.234 e. The van der Waals surface area contributed by atoms with E-state index >= 15 is 0 Å². The summed E-state index contributed by atoms with van der Waals surface area (Å²) in [5.41, 5.74) is 2.84. The molecule has 0 unspecified atom stereocenters. The van der Waals surface area contributed by atoms with Crippen LogP contribution in [0.15, 0.2) is 18.2 Å². The summed E-state index contributed by atoms with van der Waals surface area (Å²) in [7, 11) is 0. The molecule has 2 heterocycles. The van der Waals surface area contributed by atoms with Crippen molar-refractivity contribution in [2.24, 2.45) is 11.8 Å². The fourth-order valence-electron chi connectivity index (χ4n) is 5.09. The quantitative estimate of drug-likeness (QED) is 0.268. The standard InChI is InChI=1S/C27H38ClN3O7/c28-16-24(33)29-9-10-30-25(34)20-5-1-19(2-6-20)17-31-23(32)8-4-18-3-7-21(26-35-11-12-36-26)22(15-18)27-37-13-14-38-27/h3,7,15,19-20,26-27H,1-2,4-6,8-14,16-17H2,(H,29,33)(H,30,34)(H,31,32). The van der Waals surface area contributed by atoms with E-state index < -0.39 is 12.6 Å². The number of benzene rings is 1. The first-order valence-electron chi connectivity index (χ1n) is 13.5. The number of carbonyl (C=O) groups is 3. The van der Waals surface area contributed by atoms with Crippen LogP contribution >= 0.6 is 11.6 Å². The predicted octanol–water partition coefficient (Wildman–Crippen LogP) is 2.10. The number of carbonyl (C=O) groups excluding carboxylic acids is 3. The maximum Gasteiger partial charge on any atom is 0.234 e. The molecule has 0 aromatic heterocycles. The highest BCUT2D eigenvalue weighted by Crippen LogP contribution is 2.34. The molecule has 2 saturated heterocycles. The summed E-state index contributed by atoms with van der Waals surface area (Å²) in [4.78, 5) is 36.1. The predicted molar refractivity (Wildman–Crippen MR) is 139 cm³/mol. The largest absolute Gasteiger partial charge is 0.356 e. The van der Waals surface area contributed by atoms with Gasteiger partial charge in [-0.3, -0.25) is 14.4 Å². The average molecular weight is 552 g/mol. The van der Waals surface area contributed by atoms with Gasteiger partial charge >= 0.3 is 0 Å². The van der Waals surface area contributed by atoms with Gasteiger partial charge in [-0.1, -0.05) is 18.2 Å². The second-order valence-electron chi connectivity index (χ2n) is 9.91. The van der Waals surface area contributed by atoms with Crippen LogP contribution in [0.25, 0.3) is 0 Å². The number of hydrogen-bond donors (Lipinski definition) is 3. The van der Waals surface area contributed by atoms with Gasteiger partial charge in [0, 0.05) is 43.1 Å². The first-order chi connectivity index (χ1) is 18.5. The molecule has 3 aliphatic rings. The minimum atomic E-state index is -0.444. The van der Waals surface area contributed by atoms with E-state index in [-0.39, 0.29) is 29.5 Å². The van der Waals surface area contributed by atoms with Crippen LogP contribution in [0.1, 0.15) is 61.4 Å². The van der Waals surface area contributed by atoms with Crippen molar-refractivity contribution in [1.82, 2.24) is 16.0 Å². The molecule has 1 aromatic carbocycles. The van der Waals surface area contributed by atoms with E-state index in [1.807, 2.05) is 18.2 Å². The lowest BCUT2D eigenvalue weighted by Gasteiger charge is -2.28. The Morgan fingerprint density at radius 3 is 2.08 bits per heavy atom. The third-order valence-corrected chi connectivity index (χ3v) is 7.46. The molecule has 210 valence electrons. The molecule has 0 atom stereocenters. The molecule has 1 aliphatic carbocycles. The summed E-state index contributed by atoms with van der Waals surface area (Å²) in [5.74, 6) is 0.0715. The highest BCUT2D eigenvalue weighted by molar-refractivity contribution is 6.27. The van der Waals surface area contributed by atoms with Gasteiger partial charge in [0.05, 0.1) is 26.4 Å². The van der Waals surface area contributed by atoms with Crippen molar-refractivity contribution < 1.29 is 33.3 Å². The Balaban J connectivity index is 1.16. The first kappa shape index (κ1) is 28.8. The van der Waals surface area contributed by atoms with E-state index in [9.17, 15) is 14.4 Å². The molecule has 1 aromatic rings. The van der Waals surface area contributed by atoms with Crippen LogP contribution in [0.2, 0.25) is 0 Å². The molecule has 1 saturated carbocycles. The van der Waals surface area contributed by atoms with E-state index in [0.29, 0.717) is 64.8 Å².